The Bertz CT molecular complexity index is 915. The third kappa shape index (κ3) is 2.81. The van der Waals surface area contributed by atoms with E-state index >= 15 is 0 Å². The van der Waals surface area contributed by atoms with E-state index in [0.29, 0.717) is 26.2 Å². The van der Waals surface area contributed by atoms with Crippen LogP contribution in [0.2, 0.25) is 0 Å². The molecule has 29 heavy (non-hydrogen) atoms. The molecular formula is C21H23N3O5. The molecule has 0 aliphatic carbocycles. The van der Waals surface area contributed by atoms with Gasteiger partial charge < -0.3 is 24.6 Å². The molecule has 0 saturated carbocycles. The molecule has 1 aromatic rings. The molecule has 4 aliphatic rings. The zero-order valence-electron chi connectivity index (χ0n) is 16.2. The summed E-state index contributed by atoms with van der Waals surface area (Å²) in [5.41, 5.74) is 0.210. The van der Waals surface area contributed by atoms with Crippen LogP contribution < -0.4 is 10.1 Å². The van der Waals surface area contributed by atoms with E-state index in [-0.39, 0.29) is 24.3 Å². The van der Waals surface area contributed by atoms with Crippen molar-refractivity contribution < 1.29 is 23.9 Å². The molecule has 8 nitrogen and oxygen atoms in total. The number of carbonyl (C=O) groups excluding carboxylic acids is 3. The number of hydrogen-bond donors (Lipinski definition) is 1. The predicted octanol–water partition coefficient (Wildman–Crippen LogP) is -0.0644. The summed E-state index contributed by atoms with van der Waals surface area (Å²) in [5.74, 6) is -0.788. The first-order chi connectivity index (χ1) is 14.0. The molecule has 8 heteroatoms. The molecule has 3 saturated heterocycles. The Balaban J connectivity index is 1.38. The van der Waals surface area contributed by atoms with Crippen LogP contribution in [0.15, 0.2) is 36.4 Å². The van der Waals surface area contributed by atoms with Gasteiger partial charge in [-0.3, -0.25) is 14.4 Å². The molecule has 4 heterocycles. The average molecular weight is 397 g/mol. The Morgan fingerprint density at radius 2 is 2.24 bits per heavy atom. The minimum absolute atomic E-state index is 0.0349. The first kappa shape index (κ1) is 18.2. The highest BCUT2D eigenvalue weighted by Gasteiger charge is 2.67. The van der Waals surface area contributed by atoms with Crippen molar-refractivity contribution in [2.24, 2.45) is 11.8 Å². The molecule has 5 rings (SSSR count). The molecule has 2 unspecified atom stereocenters. The fourth-order valence-electron chi connectivity index (χ4n) is 5.02. The van der Waals surface area contributed by atoms with Crippen molar-refractivity contribution in [3.63, 3.8) is 0 Å². The number of methoxy groups -OCH3 is 1. The summed E-state index contributed by atoms with van der Waals surface area (Å²) in [6, 6.07) is 7.61. The Hall–Kier alpha value is -2.87. The van der Waals surface area contributed by atoms with E-state index in [4.69, 9.17) is 9.47 Å². The minimum atomic E-state index is -0.751. The Morgan fingerprint density at radius 1 is 1.38 bits per heavy atom. The van der Waals surface area contributed by atoms with Gasteiger partial charge in [-0.2, -0.15) is 0 Å². The lowest BCUT2D eigenvalue weighted by molar-refractivity contribution is -0.146. The summed E-state index contributed by atoms with van der Waals surface area (Å²) in [7, 11) is 1.61. The first-order valence-corrected chi connectivity index (χ1v) is 9.85. The first-order valence-electron chi connectivity index (χ1n) is 9.85. The maximum absolute atomic E-state index is 13.3. The van der Waals surface area contributed by atoms with Crippen LogP contribution in [0, 0.1) is 11.8 Å². The summed E-state index contributed by atoms with van der Waals surface area (Å²) in [4.78, 5) is 41.6. The molecule has 0 radical (unpaired) electrons. The standard InChI is InChI=1S/C21H23N3O5/c1-28-14-4-2-3-13(9-14)10-24-12-21-6-5-15(29-21)17(18(21)20(24)27)19(26)23-8-7-22-16(25)11-23/h2-6,9,15,17-18H,7-8,10-12H2,1H3,(H,22,25)/t15-,17?,18?,21-/m0/s1. The zero-order valence-corrected chi connectivity index (χ0v) is 16.2. The molecule has 4 atom stereocenters. The highest BCUT2D eigenvalue weighted by molar-refractivity contribution is 5.94. The van der Waals surface area contributed by atoms with E-state index in [9.17, 15) is 14.4 Å². The zero-order chi connectivity index (χ0) is 20.2. The maximum atomic E-state index is 13.3. The van der Waals surface area contributed by atoms with Gasteiger partial charge in [0.25, 0.3) is 0 Å². The maximum Gasteiger partial charge on any atom is 0.239 e. The summed E-state index contributed by atoms with van der Waals surface area (Å²) in [6.45, 7) is 1.78. The number of ether oxygens (including phenoxy) is 2. The Labute approximate surface area is 168 Å². The number of likely N-dealkylation sites (tertiary alicyclic amines) is 1. The van der Waals surface area contributed by atoms with Crippen molar-refractivity contribution in [3.8, 4) is 5.75 Å². The molecule has 0 aromatic heterocycles. The second kappa shape index (κ2) is 6.59. The van der Waals surface area contributed by atoms with Crippen molar-refractivity contribution >= 4 is 17.7 Å². The molecule has 1 aromatic carbocycles. The van der Waals surface area contributed by atoms with Gasteiger partial charge in [-0.15, -0.1) is 0 Å². The SMILES string of the molecule is COc1cccc(CN2C[C@]34C=C[C@H](O3)C(C(=O)N3CCNC(=O)C3)C4C2=O)c1. The van der Waals surface area contributed by atoms with Gasteiger partial charge in [-0.05, 0) is 17.7 Å². The van der Waals surface area contributed by atoms with Crippen molar-refractivity contribution in [3.05, 3.63) is 42.0 Å². The monoisotopic (exact) mass is 397 g/mol. The summed E-state index contributed by atoms with van der Waals surface area (Å²) < 4.78 is 11.4. The van der Waals surface area contributed by atoms with Crippen LogP contribution in [-0.4, -0.2) is 72.5 Å². The minimum Gasteiger partial charge on any atom is -0.497 e. The van der Waals surface area contributed by atoms with Crippen molar-refractivity contribution in [1.29, 1.82) is 0 Å². The number of hydrogen-bond acceptors (Lipinski definition) is 5. The van der Waals surface area contributed by atoms with Crippen LogP contribution >= 0.6 is 0 Å². The van der Waals surface area contributed by atoms with E-state index in [2.05, 4.69) is 5.32 Å². The quantitative estimate of drug-likeness (QED) is 0.719. The summed E-state index contributed by atoms with van der Waals surface area (Å²) in [6.07, 6.45) is 3.43. The van der Waals surface area contributed by atoms with Gasteiger partial charge in [-0.25, -0.2) is 0 Å². The van der Waals surface area contributed by atoms with E-state index in [1.807, 2.05) is 36.4 Å². The number of rotatable bonds is 4. The third-order valence-electron chi connectivity index (χ3n) is 6.32. The Kier molecular flexibility index (Phi) is 4.13. The molecule has 1 spiro atoms. The summed E-state index contributed by atoms with van der Waals surface area (Å²) >= 11 is 0. The van der Waals surface area contributed by atoms with Crippen molar-refractivity contribution in [2.75, 3.05) is 33.3 Å². The van der Waals surface area contributed by atoms with Gasteiger partial charge in [0, 0.05) is 19.6 Å². The average Bonchev–Trinajstić information content (AvgIpc) is 3.36. The van der Waals surface area contributed by atoms with Crippen LogP contribution in [0.3, 0.4) is 0 Å². The number of amides is 3. The van der Waals surface area contributed by atoms with E-state index in [1.54, 1.807) is 16.9 Å². The summed E-state index contributed by atoms with van der Waals surface area (Å²) in [5, 5.41) is 2.73. The lowest BCUT2D eigenvalue weighted by atomic mass is 9.76. The van der Waals surface area contributed by atoms with Crippen molar-refractivity contribution in [1.82, 2.24) is 15.1 Å². The van der Waals surface area contributed by atoms with Gasteiger partial charge in [0.05, 0.1) is 38.1 Å². The highest BCUT2D eigenvalue weighted by atomic mass is 16.5. The van der Waals surface area contributed by atoms with Crippen LogP contribution in [0.25, 0.3) is 0 Å². The van der Waals surface area contributed by atoms with Gasteiger partial charge in [0.1, 0.15) is 11.4 Å². The largest absolute Gasteiger partial charge is 0.497 e. The number of piperazine rings is 1. The van der Waals surface area contributed by atoms with Crippen molar-refractivity contribution in [2.45, 2.75) is 18.2 Å². The smallest absolute Gasteiger partial charge is 0.239 e. The van der Waals surface area contributed by atoms with Gasteiger partial charge >= 0.3 is 0 Å². The molecular weight excluding hydrogens is 374 g/mol. The fraction of sp³-hybridized carbons (Fsp3) is 0.476. The predicted molar refractivity (Wildman–Crippen MR) is 102 cm³/mol. The number of benzene rings is 1. The normalized spacial score (nSPS) is 32.5. The fourth-order valence-corrected chi connectivity index (χ4v) is 5.02. The number of carbonyl (C=O) groups is 3. The number of nitrogens with one attached hydrogen (secondary N) is 1. The Morgan fingerprint density at radius 3 is 3.03 bits per heavy atom. The van der Waals surface area contributed by atoms with Gasteiger partial charge in [0.2, 0.25) is 17.7 Å². The van der Waals surface area contributed by atoms with Crippen LogP contribution in [0.5, 0.6) is 5.75 Å². The molecule has 3 fully saturated rings. The topological polar surface area (TPSA) is 88.2 Å². The van der Waals surface area contributed by atoms with Gasteiger partial charge in [0.15, 0.2) is 0 Å². The van der Waals surface area contributed by atoms with Crippen LogP contribution in [-0.2, 0) is 25.7 Å². The molecule has 3 amide bonds. The van der Waals surface area contributed by atoms with Crippen LogP contribution in [0.4, 0.5) is 0 Å². The van der Waals surface area contributed by atoms with E-state index in [1.165, 1.54) is 0 Å². The second-order valence-electron chi connectivity index (χ2n) is 8.06. The lowest BCUT2D eigenvalue weighted by Gasteiger charge is -2.32. The third-order valence-corrected chi connectivity index (χ3v) is 6.32. The molecule has 2 bridgehead atoms. The van der Waals surface area contributed by atoms with E-state index < -0.39 is 23.5 Å². The lowest BCUT2D eigenvalue weighted by Crippen LogP contribution is -2.54. The van der Waals surface area contributed by atoms with Gasteiger partial charge in [-0.1, -0.05) is 24.3 Å². The molecule has 152 valence electrons. The second-order valence-corrected chi connectivity index (χ2v) is 8.06. The molecule has 4 aliphatic heterocycles. The molecule has 1 N–H and O–H groups in total. The number of fused-ring (bicyclic) bond motifs is 1. The number of nitrogens with zero attached hydrogens (tertiary/aromatic N) is 2. The van der Waals surface area contributed by atoms with Crippen LogP contribution in [0.1, 0.15) is 5.56 Å². The highest BCUT2D eigenvalue weighted by Crippen LogP contribution is 2.52. The van der Waals surface area contributed by atoms with E-state index in [0.717, 1.165) is 11.3 Å².